The summed E-state index contributed by atoms with van der Waals surface area (Å²) in [5.41, 5.74) is 0.957. The number of hydrogen-bond donors (Lipinski definition) is 0. The number of hydrogen-bond acceptors (Lipinski definition) is 2. The molecule has 2 unspecified atom stereocenters. The average Bonchev–Trinajstić information content (AvgIpc) is 2.28. The van der Waals surface area contributed by atoms with Crippen LogP contribution in [0.25, 0.3) is 0 Å². The average molecular weight is 300 g/mol. The van der Waals surface area contributed by atoms with Gasteiger partial charge in [0, 0.05) is 29.4 Å². The number of Topliss-reactive ketones (excluding diaryl/α,β-unsaturated/α-hetero) is 1. The first-order chi connectivity index (χ1) is 8.00. The van der Waals surface area contributed by atoms with Crippen molar-refractivity contribution in [2.75, 3.05) is 11.4 Å². The lowest BCUT2D eigenvalue weighted by Crippen LogP contribution is -2.47. The number of carbonyl (C=O) groups excluding carboxylic acids is 1. The predicted octanol–water partition coefficient (Wildman–Crippen LogP) is 3.39. The van der Waals surface area contributed by atoms with Crippen molar-refractivity contribution in [2.24, 2.45) is 5.92 Å². The van der Waals surface area contributed by atoms with Gasteiger partial charge in [-0.1, -0.05) is 6.92 Å². The number of carbonyl (C=O) groups is 1. The highest BCUT2D eigenvalue weighted by Crippen LogP contribution is 2.32. The zero-order valence-electron chi connectivity index (χ0n) is 9.91. The number of halogens is 2. The third-order valence-corrected chi connectivity index (χ3v) is 4.18. The number of benzene rings is 1. The van der Waals surface area contributed by atoms with Crippen LogP contribution in [0, 0.1) is 11.7 Å². The lowest BCUT2D eigenvalue weighted by atomic mass is 9.90. The van der Waals surface area contributed by atoms with Crippen molar-refractivity contribution in [3.8, 4) is 0 Å². The molecule has 1 saturated heterocycles. The van der Waals surface area contributed by atoms with Crippen LogP contribution in [0.2, 0.25) is 0 Å². The first kappa shape index (κ1) is 12.6. The van der Waals surface area contributed by atoms with Crippen molar-refractivity contribution in [2.45, 2.75) is 26.3 Å². The molecule has 0 aromatic heterocycles. The standard InChI is InChI=1S/C13H15BrFNO/c1-8-9(2)16(6-5-13(8)17)12-4-3-10(15)7-11(12)14/h3-4,7-9H,5-6H2,1-2H3. The van der Waals surface area contributed by atoms with Gasteiger partial charge in [0.15, 0.2) is 0 Å². The van der Waals surface area contributed by atoms with Gasteiger partial charge in [-0.05, 0) is 41.1 Å². The number of piperidine rings is 1. The van der Waals surface area contributed by atoms with E-state index in [4.69, 9.17) is 0 Å². The molecule has 4 heteroatoms. The van der Waals surface area contributed by atoms with E-state index in [0.29, 0.717) is 18.7 Å². The Labute approximate surface area is 109 Å². The summed E-state index contributed by atoms with van der Waals surface area (Å²) >= 11 is 3.38. The second-order valence-electron chi connectivity index (χ2n) is 4.53. The number of ketones is 1. The van der Waals surface area contributed by atoms with Gasteiger partial charge in [-0.2, -0.15) is 0 Å². The monoisotopic (exact) mass is 299 g/mol. The van der Waals surface area contributed by atoms with Gasteiger partial charge in [-0.3, -0.25) is 4.79 Å². The van der Waals surface area contributed by atoms with Crippen molar-refractivity contribution in [1.29, 1.82) is 0 Å². The summed E-state index contributed by atoms with van der Waals surface area (Å²) in [6.07, 6.45) is 0.565. The van der Waals surface area contributed by atoms with E-state index < -0.39 is 0 Å². The Kier molecular flexibility index (Phi) is 3.52. The zero-order chi connectivity index (χ0) is 12.6. The molecule has 1 aromatic carbocycles. The van der Waals surface area contributed by atoms with Crippen molar-refractivity contribution in [3.05, 3.63) is 28.5 Å². The Morgan fingerprint density at radius 1 is 1.41 bits per heavy atom. The molecule has 2 rings (SSSR count). The summed E-state index contributed by atoms with van der Waals surface area (Å²) < 4.78 is 13.8. The minimum absolute atomic E-state index is 0.0284. The van der Waals surface area contributed by atoms with Crippen LogP contribution in [0.15, 0.2) is 22.7 Å². The summed E-state index contributed by atoms with van der Waals surface area (Å²) in [7, 11) is 0. The van der Waals surface area contributed by atoms with E-state index in [-0.39, 0.29) is 17.8 Å². The molecule has 1 aromatic rings. The molecule has 17 heavy (non-hydrogen) atoms. The molecule has 0 radical (unpaired) electrons. The molecule has 0 spiro atoms. The molecule has 1 aliphatic heterocycles. The molecule has 2 nitrogen and oxygen atoms in total. The third-order valence-electron chi connectivity index (χ3n) is 3.54. The van der Waals surface area contributed by atoms with Crippen molar-refractivity contribution in [1.82, 2.24) is 0 Å². The Morgan fingerprint density at radius 2 is 2.12 bits per heavy atom. The molecule has 0 aliphatic carbocycles. The minimum Gasteiger partial charge on any atom is -0.367 e. The van der Waals surface area contributed by atoms with E-state index in [9.17, 15) is 9.18 Å². The molecule has 1 aliphatic rings. The Hall–Kier alpha value is -0.900. The highest BCUT2D eigenvalue weighted by molar-refractivity contribution is 9.10. The Bertz CT molecular complexity index is 449. The van der Waals surface area contributed by atoms with Crippen LogP contribution < -0.4 is 4.90 Å². The van der Waals surface area contributed by atoms with Crippen LogP contribution in [0.5, 0.6) is 0 Å². The molecule has 0 saturated carbocycles. The van der Waals surface area contributed by atoms with Gasteiger partial charge in [-0.15, -0.1) is 0 Å². The van der Waals surface area contributed by atoms with Crippen LogP contribution in [0.4, 0.5) is 10.1 Å². The molecule has 2 atom stereocenters. The molecular weight excluding hydrogens is 285 g/mol. The van der Waals surface area contributed by atoms with E-state index >= 15 is 0 Å². The molecule has 1 heterocycles. The molecular formula is C13H15BrFNO. The minimum atomic E-state index is -0.255. The van der Waals surface area contributed by atoms with Crippen molar-refractivity contribution in [3.63, 3.8) is 0 Å². The van der Waals surface area contributed by atoms with Crippen LogP contribution in [-0.4, -0.2) is 18.4 Å². The second-order valence-corrected chi connectivity index (χ2v) is 5.39. The maximum atomic E-state index is 13.0. The number of rotatable bonds is 1. The third kappa shape index (κ3) is 2.37. The van der Waals surface area contributed by atoms with Gasteiger partial charge in [0.2, 0.25) is 0 Å². The summed E-state index contributed by atoms with van der Waals surface area (Å²) in [4.78, 5) is 13.8. The summed E-state index contributed by atoms with van der Waals surface area (Å²) in [6.45, 7) is 4.70. The van der Waals surface area contributed by atoms with Gasteiger partial charge in [0.1, 0.15) is 11.6 Å². The lowest BCUT2D eigenvalue weighted by molar-refractivity contribution is -0.123. The Balaban J connectivity index is 2.31. The number of nitrogens with zero attached hydrogens (tertiary/aromatic N) is 1. The fourth-order valence-corrected chi connectivity index (χ4v) is 2.83. The fraction of sp³-hybridized carbons (Fsp3) is 0.462. The largest absolute Gasteiger partial charge is 0.367 e. The predicted molar refractivity (Wildman–Crippen MR) is 69.7 cm³/mol. The van der Waals surface area contributed by atoms with E-state index in [2.05, 4.69) is 20.8 Å². The SMILES string of the molecule is CC1C(=O)CCN(c2ccc(F)cc2Br)C1C. The van der Waals surface area contributed by atoms with Crippen LogP contribution >= 0.6 is 15.9 Å². The summed E-state index contributed by atoms with van der Waals surface area (Å²) in [5, 5.41) is 0. The molecule has 92 valence electrons. The normalized spacial score (nSPS) is 25.2. The quantitative estimate of drug-likeness (QED) is 0.792. The van der Waals surface area contributed by atoms with E-state index in [0.717, 1.165) is 10.2 Å². The zero-order valence-corrected chi connectivity index (χ0v) is 11.5. The molecule has 1 fully saturated rings. The van der Waals surface area contributed by atoms with E-state index in [1.54, 1.807) is 6.07 Å². The maximum Gasteiger partial charge on any atom is 0.139 e. The highest BCUT2D eigenvalue weighted by Gasteiger charge is 2.31. The van der Waals surface area contributed by atoms with E-state index in [1.165, 1.54) is 12.1 Å². The van der Waals surface area contributed by atoms with Crippen molar-refractivity contribution < 1.29 is 9.18 Å². The number of anilines is 1. The first-order valence-electron chi connectivity index (χ1n) is 5.75. The second kappa shape index (κ2) is 4.77. The van der Waals surface area contributed by atoms with E-state index in [1.807, 2.05) is 13.8 Å². The lowest BCUT2D eigenvalue weighted by Gasteiger charge is -2.39. The highest BCUT2D eigenvalue weighted by atomic mass is 79.9. The smallest absolute Gasteiger partial charge is 0.139 e. The van der Waals surface area contributed by atoms with Gasteiger partial charge in [-0.25, -0.2) is 4.39 Å². The fourth-order valence-electron chi connectivity index (χ4n) is 2.25. The van der Waals surface area contributed by atoms with Gasteiger partial charge in [0.05, 0.1) is 5.69 Å². The molecule has 0 N–H and O–H groups in total. The van der Waals surface area contributed by atoms with Gasteiger partial charge >= 0.3 is 0 Å². The molecule has 0 bridgehead atoms. The first-order valence-corrected chi connectivity index (χ1v) is 6.54. The summed E-state index contributed by atoms with van der Waals surface area (Å²) in [5.74, 6) is 0.0853. The van der Waals surface area contributed by atoms with Gasteiger partial charge in [0.25, 0.3) is 0 Å². The topological polar surface area (TPSA) is 20.3 Å². The Morgan fingerprint density at radius 3 is 2.76 bits per heavy atom. The van der Waals surface area contributed by atoms with Gasteiger partial charge < -0.3 is 4.90 Å². The maximum absolute atomic E-state index is 13.0. The van der Waals surface area contributed by atoms with Crippen LogP contribution in [-0.2, 0) is 4.79 Å². The van der Waals surface area contributed by atoms with Crippen molar-refractivity contribution >= 4 is 27.4 Å². The molecule has 0 amide bonds. The van der Waals surface area contributed by atoms with Crippen LogP contribution in [0.3, 0.4) is 0 Å². The summed E-state index contributed by atoms with van der Waals surface area (Å²) in [6, 6.07) is 4.83. The van der Waals surface area contributed by atoms with Crippen LogP contribution in [0.1, 0.15) is 20.3 Å².